The van der Waals surface area contributed by atoms with E-state index in [9.17, 15) is 10.5 Å². The molecule has 178 valence electrons. The molecular weight excluding hydrogens is 448 g/mol. The Hall–Kier alpha value is -4.14. The van der Waals surface area contributed by atoms with Gasteiger partial charge >= 0.3 is 0 Å². The average molecular weight is 477 g/mol. The Kier molecular flexibility index (Phi) is 4.89. The molecule has 0 radical (unpaired) electrons. The quantitative estimate of drug-likeness (QED) is 0.258. The lowest BCUT2D eigenvalue weighted by molar-refractivity contribution is 0.290. The predicted molar refractivity (Wildman–Crippen MR) is 145 cm³/mol. The Balaban J connectivity index is 0.000000125. The van der Waals surface area contributed by atoms with Crippen LogP contribution in [0.25, 0.3) is 0 Å². The van der Waals surface area contributed by atoms with E-state index < -0.39 is 0 Å². The van der Waals surface area contributed by atoms with Crippen LogP contribution in [-0.4, -0.2) is 0 Å². The fourth-order valence-electron chi connectivity index (χ4n) is 7.84. The molecule has 10 rings (SSSR count). The molecule has 2 unspecified atom stereocenters. The minimum atomic E-state index is -0.270. The van der Waals surface area contributed by atoms with Crippen LogP contribution in [0.5, 0.6) is 0 Å². The van der Waals surface area contributed by atoms with Gasteiger partial charge in [0.05, 0.1) is 23.5 Å². The van der Waals surface area contributed by atoms with Crippen molar-refractivity contribution >= 4 is 0 Å². The van der Waals surface area contributed by atoms with Gasteiger partial charge < -0.3 is 0 Å². The van der Waals surface area contributed by atoms with Crippen LogP contribution < -0.4 is 0 Å². The van der Waals surface area contributed by atoms with Gasteiger partial charge in [0.1, 0.15) is 0 Å². The van der Waals surface area contributed by atoms with Gasteiger partial charge in [-0.25, -0.2) is 0 Å². The molecule has 2 heteroatoms. The zero-order valence-electron chi connectivity index (χ0n) is 20.9. The largest absolute Gasteiger partial charge is 0.198 e. The Labute approximate surface area is 218 Å². The zero-order valence-corrected chi connectivity index (χ0v) is 20.9. The molecule has 0 N–H and O–H groups in total. The van der Waals surface area contributed by atoms with E-state index in [1.165, 1.54) is 44.5 Å². The van der Waals surface area contributed by atoms with Gasteiger partial charge in [0.15, 0.2) is 0 Å². The van der Waals surface area contributed by atoms with Crippen molar-refractivity contribution in [2.24, 2.45) is 11.3 Å². The summed E-state index contributed by atoms with van der Waals surface area (Å²) in [5.74, 6) is 1.47. The predicted octanol–water partition coefficient (Wildman–Crippen LogP) is 8.00. The molecule has 2 atom stereocenters. The summed E-state index contributed by atoms with van der Waals surface area (Å²) in [5, 5.41) is 19.1. The zero-order chi connectivity index (χ0) is 25.1. The van der Waals surface area contributed by atoms with Crippen LogP contribution in [0.3, 0.4) is 0 Å². The second kappa shape index (κ2) is 8.19. The molecule has 0 fully saturated rings. The summed E-state index contributed by atoms with van der Waals surface area (Å²) in [5.41, 5.74) is 10.9. The normalized spacial score (nSPS) is 28.8. The molecule has 2 nitrogen and oxygen atoms in total. The van der Waals surface area contributed by atoms with Gasteiger partial charge in [-0.2, -0.15) is 10.5 Å². The van der Waals surface area contributed by atoms with Gasteiger partial charge in [0, 0.05) is 23.7 Å². The monoisotopic (exact) mass is 476 g/mol. The number of benzene rings is 4. The van der Waals surface area contributed by atoms with Crippen molar-refractivity contribution in [2.45, 2.75) is 43.4 Å². The molecule has 0 aromatic heterocycles. The van der Waals surface area contributed by atoms with Gasteiger partial charge in [-0.05, 0) is 64.3 Å². The minimum Gasteiger partial charge on any atom is -0.198 e. The van der Waals surface area contributed by atoms with Crippen LogP contribution in [0, 0.1) is 34.0 Å². The molecule has 4 aromatic carbocycles. The van der Waals surface area contributed by atoms with Crippen molar-refractivity contribution in [1.29, 1.82) is 10.5 Å². The first-order chi connectivity index (χ1) is 18.1. The molecule has 4 bridgehead atoms. The maximum Gasteiger partial charge on any atom is 0.0697 e. The summed E-state index contributed by atoms with van der Waals surface area (Å²) in [6.45, 7) is 2.12. The van der Waals surface area contributed by atoms with Crippen molar-refractivity contribution in [3.8, 4) is 12.1 Å². The molecular formula is C35H28N2. The molecule has 0 aliphatic heterocycles. The lowest BCUT2D eigenvalue weighted by Gasteiger charge is -2.48. The van der Waals surface area contributed by atoms with Crippen molar-refractivity contribution in [1.82, 2.24) is 0 Å². The van der Waals surface area contributed by atoms with E-state index in [2.05, 4.69) is 116 Å². The molecule has 4 aromatic rings. The van der Waals surface area contributed by atoms with Crippen molar-refractivity contribution < 1.29 is 0 Å². The van der Waals surface area contributed by atoms with Gasteiger partial charge in [0.2, 0.25) is 0 Å². The van der Waals surface area contributed by atoms with E-state index in [0.29, 0.717) is 11.8 Å². The number of hydrogen-bond acceptors (Lipinski definition) is 2. The highest BCUT2D eigenvalue weighted by Gasteiger charge is 2.50. The van der Waals surface area contributed by atoms with E-state index >= 15 is 0 Å². The first kappa shape index (κ1) is 22.1. The molecule has 6 aliphatic carbocycles. The first-order valence-corrected chi connectivity index (χ1v) is 13.3. The third-order valence-corrected chi connectivity index (χ3v) is 9.36. The van der Waals surface area contributed by atoms with Crippen LogP contribution in [-0.2, 0) is 0 Å². The van der Waals surface area contributed by atoms with Gasteiger partial charge in [-0.3, -0.25) is 0 Å². The van der Waals surface area contributed by atoms with Crippen LogP contribution >= 0.6 is 0 Å². The Bertz CT molecular complexity index is 1520. The van der Waals surface area contributed by atoms with Crippen LogP contribution in [0.1, 0.15) is 87.9 Å². The smallest absolute Gasteiger partial charge is 0.0697 e. The van der Waals surface area contributed by atoms with Crippen molar-refractivity contribution in [3.05, 3.63) is 142 Å². The molecule has 6 aliphatic rings. The van der Waals surface area contributed by atoms with Crippen molar-refractivity contribution in [3.63, 3.8) is 0 Å². The summed E-state index contributed by atoms with van der Waals surface area (Å²) in [6.07, 6.45) is 1.93. The van der Waals surface area contributed by atoms with E-state index in [4.69, 9.17) is 0 Å². The van der Waals surface area contributed by atoms with Gasteiger partial charge in [-0.1, -0.05) is 97.1 Å². The molecule has 0 saturated carbocycles. The van der Waals surface area contributed by atoms with E-state index in [0.717, 1.165) is 12.8 Å². The van der Waals surface area contributed by atoms with E-state index in [1.807, 2.05) is 0 Å². The third-order valence-electron chi connectivity index (χ3n) is 9.36. The summed E-state index contributed by atoms with van der Waals surface area (Å²) in [7, 11) is 0. The van der Waals surface area contributed by atoms with Gasteiger partial charge in [-0.15, -0.1) is 0 Å². The summed E-state index contributed by atoms with van der Waals surface area (Å²) in [6, 6.07) is 39.7. The third kappa shape index (κ3) is 3.09. The second-order valence-corrected chi connectivity index (χ2v) is 11.2. The number of fused-ring (bicyclic) bond motifs is 2. The number of nitriles is 2. The molecule has 0 spiro atoms. The first-order valence-electron chi connectivity index (χ1n) is 13.3. The SMILES string of the molecule is CC1(C#N)CC2c3ccccc3C1c1ccccc12.N#CC1CC2c3ccccc3C1c1ccccc12. The lowest BCUT2D eigenvalue weighted by atomic mass is 9.53. The maximum absolute atomic E-state index is 9.67. The summed E-state index contributed by atoms with van der Waals surface area (Å²) < 4.78 is 0. The standard InChI is InChI=1S/C18H15N.C17H13N/c1-18(11-19)10-16-12-6-2-4-8-14(12)17(18)15-9-5-3-7-13(15)16;18-10-11-9-16-12-5-1-3-7-14(12)17(11)15-8-4-2-6-13(15)16/h2-9,16-17H,10H2,1H3;1-8,11,16-17H,9H2. The number of hydrogen-bond donors (Lipinski definition) is 0. The highest BCUT2D eigenvalue weighted by Crippen LogP contribution is 2.60. The van der Waals surface area contributed by atoms with Crippen molar-refractivity contribution in [2.75, 3.05) is 0 Å². The molecule has 0 amide bonds. The highest BCUT2D eigenvalue weighted by molar-refractivity contribution is 5.58. The Morgan fingerprint density at radius 1 is 0.595 bits per heavy atom. The minimum absolute atomic E-state index is 0.139. The molecule has 0 heterocycles. The Morgan fingerprint density at radius 2 is 1.00 bits per heavy atom. The second-order valence-electron chi connectivity index (χ2n) is 11.2. The molecule has 37 heavy (non-hydrogen) atoms. The van der Waals surface area contributed by atoms with E-state index in [-0.39, 0.29) is 23.2 Å². The Morgan fingerprint density at radius 3 is 1.43 bits per heavy atom. The summed E-state index contributed by atoms with van der Waals surface area (Å²) >= 11 is 0. The lowest BCUT2D eigenvalue weighted by Crippen LogP contribution is -2.38. The molecule has 0 saturated heterocycles. The average Bonchev–Trinajstić information content (AvgIpc) is 2.97. The van der Waals surface area contributed by atoms with Crippen LogP contribution in [0.2, 0.25) is 0 Å². The number of nitrogens with zero attached hydrogens (tertiary/aromatic N) is 2. The van der Waals surface area contributed by atoms with E-state index in [1.54, 1.807) is 0 Å². The van der Waals surface area contributed by atoms with Crippen LogP contribution in [0.4, 0.5) is 0 Å². The van der Waals surface area contributed by atoms with Gasteiger partial charge in [0.25, 0.3) is 0 Å². The highest BCUT2D eigenvalue weighted by atomic mass is 14.5. The number of rotatable bonds is 0. The summed E-state index contributed by atoms with van der Waals surface area (Å²) in [4.78, 5) is 0. The maximum atomic E-state index is 9.67. The topological polar surface area (TPSA) is 47.6 Å². The fraction of sp³-hybridized carbons (Fsp3) is 0.257. The van der Waals surface area contributed by atoms with Crippen LogP contribution in [0.15, 0.2) is 97.1 Å². The fourth-order valence-corrected chi connectivity index (χ4v) is 7.84.